The van der Waals surface area contributed by atoms with Crippen LogP contribution in [0.25, 0.3) is 0 Å². The lowest BCUT2D eigenvalue weighted by atomic mass is 10.1. The minimum Gasteiger partial charge on any atom is -0.340 e. The summed E-state index contributed by atoms with van der Waals surface area (Å²) < 4.78 is 39.7. The molecule has 0 saturated carbocycles. The number of nitrogens with zero attached hydrogens (tertiary/aromatic N) is 2. The maximum Gasteiger partial charge on any atom is 0.416 e. The Balaban J connectivity index is 1.72. The van der Waals surface area contributed by atoms with Crippen LogP contribution in [0.2, 0.25) is 0 Å². The van der Waals surface area contributed by atoms with Crippen molar-refractivity contribution in [3.05, 3.63) is 77.5 Å². The number of benzene rings is 2. The quantitative estimate of drug-likeness (QED) is 0.589. The van der Waals surface area contributed by atoms with Crippen molar-refractivity contribution >= 4 is 34.5 Å². The van der Waals surface area contributed by atoms with Crippen LogP contribution in [-0.2, 0) is 11.0 Å². The fourth-order valence-electron chi connectivity index (χ4n) is 3.25. The predicted molar refractivity (Wildman–Crippen MR) is 110 cm³/mol. The first kappa shape index (κ1) is 19.6. The van der Waals surface area contributed by atoms with Crippen molar-refractivity contribution in [1.29, 1.82) is 0 Å². The molecule has 30 heavy (non-hydrogen) atoms. The van der Waals surface area contributed by atoms with Crippen LogP contribution in [0, 0.1) is 6.92 Å². The molecule has 5 nitrogen and oxygen atoms in total. The summed E-state index contributed by atoms with van der Waals surface area (Å²) in [5.41, 5.74) is 1.52. The molecule has 2 N–H and O–H groups in total. The van der Waals surface area contributed by atoms with Crippen LogP contribution in [0.3, 0.4) is 0 Å². The number of fused-ring (bicyclic) bond motifs is 1. The highest BCUT2D eigenvalue weighted by molar-refractivity contribution is 6.17. The maximum atomic E-state index is 13.2. The first-order chi connectivity index (χ1) is 14.3. The first-order valence-corrected chi connectivity index (χ1v) is 9.17. The van der Waals surface area contributed by atoms with Crippen LogP contribution < -0.4 is 10.6 Å². The van der Waals surface area contributed by atoms with Gasteiger partial charge in [-0.3, -0.25) is 9.79 Å². The Kier molecular flexibility index (Phi) is 4.99. The van der Waals surface area contributed by atoms with Gasteiger partial charge < -0.3 is 10.6 Å². The average molecular weight is 410 g/mol. The molecule has 1 aromatic heterocycles. The van der Waals surface area contributed by atoms with Gasteiger partial charge in [-0.1, -0.05) is 18.2 Å². The number of rotatable bonds is 3. The van der Waals surface area contributed by atoms with Gasteiger partial charge >= 0.3 is 6.18 Å². The van der Waals surface area contributed by atoms with E-state index in [0.29, 0.717) is 22.8 Å². The van der Waals surface area contributed by atoms with Gasteiger partial charge in [-0.05, 0) is 54.4 Å². The van der Waals surface area contributed by atoms with E-state index in [-0.39, 0.29) is 17.7 Å². The van der Waals surface area contributed by atoms with E-state index in [1.165, 1.54) is 13.0 Å². The molecular weight excluding hydrogens is 393 g/mol. The van der Waals surface area contributed by atoms with Crippen LogP contribution in [0.1, 0.15) is 23.1 Å². The molecule has 1 aliphatic heterocycles. The second-order valence-corrected chi connectivity index (χ2v) is 6.89. The molecular formula is C22H17F3N4O. The van der Waals surface area contributed by atoms with Crippen LogP contribution in [0.5, 0.6) is 0 Å². The first-order valence-electron chi connectivity index (χ1n) is 9.17. The van der Waals surface area contributed by atoms with Crippen molar-refractivity contribution in [3.63, 3.8) is 0 Å². The summed E-state index contributed by atoms with van der Waals surface area (Å²) in [5, 5.41) is 5.71. The van der Waals surface area contributed by atoms with Crippen molar-refractivity contribution in [3.8, 4) is 0 Å². The summed E-state index contributed by atoms with van der Waals surface area (Å²) >= 11 is 0. The highest BCUT2D eigenvalue weighted by Gasteiger charge is 2.34. The summed E-state index contributed by atoms with van der Waals surface area (Å²) in [7, 11) is 0. The molecule has 0 bridgehead atoms. The Morgan fingerprint density at radius 2 is 1.90 bits per heavy atom. The van der Waals surface area contributed by atoms with Crippen molar-refractivity contribution in [2.45, 2.75) is 19.5 Å². The number of carbonyl (C=O) groups is 1. The number of pyridine rings is 1. The van der Waals surface area contributed by atoms with E-state index in [4.69, 9.17) is 0 Å². The van der Waals surface area contributed by atoms with E-state index in [1.807, 2.05) is 36.4 Å². The molecule has 8 heteroatoms. The molecule has 4 rings (SSSR count). The molecule has 0 saturated heterocycles. The maximum absolute atomic E-state index is 13.2. The van der Waals surface area contributed by atoms with Gasteiger partial charge in [-0.2, -0.15) is 13.2 Å². The topological polar surface area (TPSA) is 66.4 Å². The van der Waals surface area contributed by atoms with Crippen molar-refractivity contribution in [1.82, 2.24) is 4.98 Å². The normalized spacial score (nSPS) is 13.7. The zero-order valence-electron chi connectivity index (χ0n) is 15.9. The number of aromatic nitrogens is 1. The molecule has 152 valence electrons. The molecule has 0 spiro atoms. The smallest absolute Gasteiger partial charge is 0.340 e. The number of carbonyl (C=O) groups excluding carboxylic acids is 1. The molecule has 2 heterocycles. The Morgan fingerprint density at radius 3 is 2.63 bits per heavy atom. The van der Waals surface area contributed by atoms with E-state index in [1.54, 1.807) is 12.3 Å². The number of hydrogen-bond donors (Lipinski definition) is 2. The number of aliphatic imine (C=N–C) groups is 1. The number of alkyl halides is 3. The summed E-state index contributed by atoms with van der Waals surface area (Å²) in [6.07, 6.45) is -2.89. The van der Waals surface area contributed by atoms with Gasteiger partial charge in [0.2, 0.25) is 5.91 Å². The zero-order valence-corrected chi connectivity index (χ0v) is 15.9. The van der Waals surface area contributed by atoms with Crippen molar-refractivity contribution in [2.24, 2.45) is 4.99 Å². The second-order valence-electron chi connectivity index (χ2n) is 6.89. The highest BCUT2D eigenvalue weighted by Crippen LogP contribution is 2.39. The van der Waals surface area contributed by atoms with Gasteiger partial charge in [-0.25, -0.2) is 4.98 Å². The lowest BCUT2D eigenvalue weighted by Gasteiger charge is -2.13. The zero-order chi connectivity index (χ0) is 21.3. The Morgan fingerprint density at radius 1 is 1.07 bits per heavy atom. The fraction of sp³-hybridized carbons (Fsp3) is 0.136. The monoisotopic (exact) mass is 410 g/mol. The molecule has 0 radical (unpaired) electrons. The van der Waals surface area contributed by atoms with Gasteiger partial charge in [0.25, 0.3) is 0 Å². The van der Waals surface area contributed by atoms with Gasteiger partial charge in [-0.15, -0.1) is 0 Å². The standard InChI is InChI=1S/C22H17F3N4O/c1-13-9-18-19(11-16(13)22(23,24)25)29-21(30)12-17(28-18)14-5-4-6-15(10-14)27-20-7-2-3-8-26-20/h2-11H,12H2,1H3,(H,26,27)(H,29,30). The van der Waals surface area contributed by atoms with E-state index in [2.05, 4.69) is 20.6 Å². The van der Waals surface area contributed by atoms with E-state index in [9.17, 15) is 18.0 Å². The lowest BCUT2D eigenvalue weighted by Crippen LogP contribution is -2.15. The number of halogens is 3. The van der Waals surface area contributed by atoms with Crippen molar-refractivity contribution in [2.75, 3.05) is 10.6 Å². The van der Waals surface area contributed by atoms with E-state index < -0.39 is 17.6 Å². The number of aryl methyl sites for hydroxylation is 1. The van der Waals surface area contributed by atoms with Gasteiger partial charge in [0, 0.05) is 11.9 Å². The molecule has 0 atom stereocenters. The van der Waals surface area contributed by atoms with Crippen molar-refractivity contribution < 1.29 is 18.0 Å². The van der Waals surface area contributed by atoms with Crippen LogP contribution >= 0.6 is 0 Å². The van der Waals surface area contributed by atoms with E-state index in [0.717, 1.165) is 11.8 Å². The third kappa shape index (κ3) is 4.17. The third-order valence-electron chi connectivity index (χ3n) is 4.64. The van der Waals surface area contributed by atoms with Crippen LogP contribution in [-0.4, -0.2) is 16.6 Å². The highest BCUT2D eigenvalue weighted by atomic mass is 19.4. The Hall–Kier alpha value is -3.68. The fourth-order valence-corrected chi connectivity index (χ4v) is 3.25. The summed E-state index contributed by atoms with van der Waals surface area (Å²) in [4.78, 5) is 21.1. The Bertz CT molecular complexity index is 1140. The molecule has 2 aromatic carbocycles. The molecule has 1 amide bonds. The third-order valence-corrected chi connectivity index (χ3v) is 4.64. The largest absolute Gasteiger partial charge is 0.416 e. The van der Waals surface area contributed by atoms with E-state index >= 15 is 0 Å². The van der Waals surface area contributed by atoms with Crippen LogP contribution in [0.4, 0.5) is 36.1 Å². The molecule has 1 aliphatic rings. The lowest BCUT2D eigenvalue weighted by molar-refractivity contribution is -0.138. The molecule has 3 aromatic rings. The predicted octanol–water partition coefficient (Wildman–Crippen LogP) is 5.62. The number of amides is 1. The SMILES string of the molecule is Cc1cc2c(cc1C(F)(F)F)NC(=O)CC(c1cccc(Nc3ccccn3)c1)=N2. The summed E-state index contributed by atoms with van der Waals surface area (Å²) in [5.74, 6) is 0.239. The Labute approximate surface area is 170 Å². The molecule has 0 aliphatic carbocycles. The molecule has 0 fully saturated rings. The van der Waals surface area contributed by atoms with Crippen LogP contribution in [0.15, 0.2) is 65.8 Å². The molecule has 0 unspecified atom stereocenters. The van der Waals surface area contributed by atoms with Gasteiger partial charge in [0.15, 0.2) is 0 Å². The number of anilines is 3. The summed E-state index contributed by atoms with van der Waals surface area (Å²) in [6, 6.07) is 15.1. The van der Waals surface area contributed by atoms with Gasteiger partial charge in [0.1, 0.15) is 5.82 Å². The minimum atomic E-state index is -4.51. The second kappa shape index (κ2) is 7.62. The number of nitrogens with one attached hydrogen (secondary N) is 2. The number of hydrogen-bond acceptors (Lipinski definition) is 4. The average Bonchev–Trinajstić information content (AvgIpc) is 2.85. The minimum absolute atomic E-state index is 0.0473. The summed E-state index contributed by atoms with van der Waals surface area (Å²) in [6.45, 7) is 1.38. The van der Waals surface area contributed by atoms with Gasteiger partial charge in [0.05, 0.1) is 29.1 Å².